The lowest BCUT2D eigenvalue weighted by Gasteiger charge is -2.30. The van der Waals surface area contributed by atoms with Crippen LogP contribution in [0.15, 0.2) is 60.8 Å². The Balaban J connectivity index is 1.42. The van der Waals surface area contributed by atoms with Crippen molar-refractivity contribution >= 4 is 6.09 Å². The molecule has 1 saturated heterocycles. The number of ether oxygens (including phenoxy) is 1. The van der Waals surface area contributed by atoms with E-state index in [9.17, 15) is 4.79 Å². The maximum atomic E-state index is 11.8. The normalized spacial score (nSPS) is 14.8. The molecule has 144 valence electrons. The van der Waals surface area contributed by atoms with Gasteiger partial charge in [-0.25, -0.2) is 9.78 Å². The van der Waals surface area contributed by atoms with Gasteiger partial charge in [0, 0.05) is 30.8 Å². The summed E-state index contributed by atoms with van der Waals surface area (Å²) in [6.45, 7) is 3.68. The first-order chi connectivity index (χ1) is 13.7. The number of carbonyl (C=O) groups excluding carboxylic acids is 1. The number of likely N-dealkylation sites (tertiary alicyclic amines) is 1. The summed E-state index contributed by atoms with van der Waals surface area (Å²) in [7, 11) is 0. The van der Waals surface area contributed by atoms with Gasteiger partial charge in [-0.1, -0.05) is 54.6 Å². The SMILES string of the molecule is CCOC(=O)N1CCC(c2nc(-c3ccc(-c4ccccc4)cc3)c[nH]2)CC1. The number of hydrogen-bond donors (Lipinski definition) is 1. The summed E-state index contributed by atoms with van der Waals surface area (Å²) in [6, 6.07) is 18.9. The second kappa shape index (κ2) is 8.30. The Labute approximate surface area is 165 Å². The minimum Gasteiger partial charge on any atom is -0.450 e. The zero-order valence-corrected chi connectivity index (χ0v) is 16.1. The number of amides is 1. The van der Waals surface area contributed by atoms with Crippen molar-refractivity contribution in [3.63, 3.8) is 0 Å². The first-order valence-electron chi connectivity index (χ1n) is 9.87. The van der Waals surface area contributed by atoms with Gasteiger partial charge in [-0.3, -0.25) is 0 Å². The average Bonchev–Trinajstić information content (AvgIpc) is 3.25. The summed E-state index contributed by atoms with van der Waals surface area (Å²) in [5, 5.41) is 0. The predicted octanol–water partition coefficient (Wildman–Crippen LogP) is 5.08. The summed E-state index contributed by atoms with van der Waals surface area (Å²) in [6.07, 6.45) is 3.57. The Morgan fingerprint density at radius 2 is 1.68 bits per heavy atom. The van der Waals surface area contributed by atoms with Crippen LogP contribution in [0, 0.1) is 0 Å². The predicted molar refractivity (Wildman–Crippen MR) is 110 cm³/mol. The Hall–Kier alpha value is -3.08. The summed E-state index contributed by atoms with van der Waals surface area (Å²) in [4.78, 5) is 21.8. The van der Waals surface area contributed by atoms with Gasteiger partial charge in [0.15, 0.2) is 0 Å². The molecule has 0 aliphatic carbocycles. The molecule has 3 aromatic rings. The van der Waals surface area contributed by atoms with E-state index in [0.29, 0.717) is 25.6 Å². The molecule has 1 fully saturated rings. The van der Waals surface area contributed by atoms with Gasteiger partial charge in [-0.2, -0.15) is 0 Å². The molecule has 0 radical (unpaired) electrons. The molecule has 1 aliphatic heterocycles. The van der Waals surface area contributed by atoms with Crippen LogP contribution in [0.5, 0.6) is 0 Å². The van der Waals surface area contributed by atoms with Gasteiger partial charge in [0.1, 0.15) is 5.82 Å². The average molecular weight is 375 g/mol. The van der Waals surface area contributed by atoms with Gasteiger partial charge in [-0.15, -0.1) is 0 Å². The lowest BCUT2D eigenvalue weighted by Crippen LogP contribution is -2.38. The van der Waals surface area contributed by atoms with E-state index in [-0.39, 0.29) is 6.09 Å². The van der Waals surface area contributed by atoms with E-state index in [1.54, 1.807) is 4.90 Å². The Bertz CT molecular complexity index is 911. The van der Waals surface area contributed by atoms with Gasteiger partial charge >= 0.3 is 6.09 Å². The van der Waals surface area contributed by atoms with Crippen LogP contribution in [0.3, 0.4) is 0 Å². The highest BCUT2D eigenvalue weighted by Gasteiger charge is 2.26. The van der Waals surface area contributed by atoms with Crippen LogP contribution in [0.1, 0.15) is 31.5 Å². The number of nitrogens with zero attached hydrogens (tertiary/aromatic N) is 2. The Morgan fingerprint density at radius 1 is 1.04 bits per heavy atom. The van der Waals surface area contributed by atoms with Gasteiger partial charge in [0.05, 0.1) is 12.3 Å². The second-order valence-corrected chi connectivity index (χ2v) is 7.07. The van der Waals surface area contributed by atoms with Crippen molar-refractivity contribution in [2.45, 2.75) is 25.7 Å². The molecule has 0 bridgehead atoms. The van der Waals surface area contributed by atoms with Crippen LogP contribution in [0.25, 0.3) is 22.4 Å². The summed E-state index contributed by atoms with van der Waals surface area (Å²) in [5.74, 6) is 1.36. The summed E-state index contributed by atoms with van der Waals surface area (Å²) >= 11 is 0. The smallest absolute Gasteiger partial charge is 0.409 e. The number of piperidine rings is 1. The van der Waals surface area contributed by atoms with E-state index in [0.717, 1.165) is 29.9 Å². The van der Waals surface area contributed by atoms with Crippen LogP contribution in [-0.4, -0.2) is 40.7 Å². The third-order valence-corrected chi connectivity index (χ3v) is 5.29. The van der Waals surface area contributed by atoms with Crippen molar-refractivity contribution < 1.29 is 9.53 Å². The molecule has 1 aliphatic rings. The van der Waals surface area contributed by atoms with Crippen LogP contribution in [0.2, 0.25) is 0 Å². The number of nitrogens with one attached hydrogen (secondary N) is 1. The molecule has 0 spiro atoms. The quantitative estimate of drug-likeness (QED) is 0.692. The van der Waals surface area contributed by atoms with Gasteiger partial charge in [-0.05, 0) is 30.9 Å². The van der Waals surface area contributed by atoms with Crippen molar-refractivity contribution in [2.75, 3.05) is 19.7 Å². The highest BCUT2D eigenvalue weighted by atomic mass is 16.6. The first kappa shape index (κ1) is 18.3. The number of aromatic amines is 1. The maximum Gasteiger partial charge on any atom is 0.409 e. The Kier molecular flexibility index (Phi) is 5.42. The van der Waals surface area contributed by atoms with E-state index in [4.69, 9.17) is 9.72 Å². The molecule has 0 unspecified atom stereocenters. The topological polar surface area (TPSA) is 58.2 Å². The third-order valence-electron chi connectivity index (χ3n) is 5.29. The second-order valence-electron chi connectivity index (χ2n) is 7.07. The number of carbonyl (C=O) groups is 1. The highest BCUT2D eigenvalue weighted by Crippen LogP contribution is 2.29. The van der Waals surface area contributed by atoms with E-state index in [1.165, 1.54) is 11.1 Å². The number of rotatable bonds is 4. The van der Waals surface area contributed by atoms with Crippen LogP contribution in [0.4, 0.5) is 4.79 Å². The number of imidazole rings is 1. The van der Waals surface area contributed by atoms with E-state index in [2.05, 4.69) is 53.5 Å². The molecular formula is C23H25N3O2. The molecule has 1 N–H and O–H groups in total. The fraction of sp³-hybridized carbons (Fsp3) is 0.304. The lowest BCUT2D eigenvalue weighted by atomic mass is 9.96. The molecular weight excluding hydrogens is 350 g/mol. The summed E-state index contributed by atoms with van der Waals surface area (Å²) < 4.78 is 5.09. The fourth-order valence-corrected chi connectivity index (χ4v) is 3.71. The van der Waals surface area contributed by atoms with Crippen LogP contribution in [-0.2, 0) is 4.74 Å². The number of aromatic nitrogens is 2. The van der Waals surface area contributed by atoms with Gasteiger partial charge in [0.2, 0.25) is 0 Å². The van der Waals surface area contributed by atoms with Crippen molar-refractivity contribution in [3.8, 4) is 22.4 Å². The minimum atomic E-state index is -0.209. The molecule has 1 aromatic heterocycles. The zero-order valence-electron chi connectivity index (χ0n) is 16.1. The highest BCUT2D eigenvalue weighted by molar-refractivity contribution is 5.69. The third kappa shape index (κ3) is 3.93. The van der Waals surface area contributed by atoms with Crippen molar-refractivity contribution in [1.82, 2.24) is 14.9 Å². The molecule has 2 aromatic carbocycles. The number of hydrogen-bond acceptors (Lipinski definition) is 3. The molecule has 28 heavy (non-hydrogen) atoms. The van der Waals surface area contributed by atoms with E-state index in [1.807, 2.05) is 19.2 Å². The Morgan fingerprint density at radius 3 is 2.36 bits per heavy atom. The maximum absolute atomic E-state index is 11.8. The van der Waals surface area contributed by atoms with Crippen LogP contribution >= 0.6 is 0 Å². The van der Waals surface area contributed by atoms with Crippen molar-refractivity contribution in [2.24, 2.45) is 0 Å². The molecule has 5 nitrogen and oxygen atoms in total. The summed E-state index contributed by atoms with van der Waals surface area (Å²) in [5.41, 5.74) is 4.48. The van der Waals surface area contributed by atoms with Gasteiger partial charge < -0.3 is 14.6 Å². The molecule has 0 saturated carbocycles. The van der Waals surface area contributed by atoms with Crippen molar-refractivity contribution in [1.29, 1.82) is 0 Å². The van der Waals surface area contributed by atoms with Gasteiger partial charge in [0.25, 0.3) is 0 Å². The molecule has 4 rings (SSSR count). The largest absolute Gasteiger partial charge is 0.450 e. The van der Waals surface area contributed by atoms with E-state index < -0.39 is 0 Å². The molecule has 2 heterocycles. The van der Waals surface area contributed by atoms with E-state index >= 15 is 0 Å². The van der Waals surface area contributed by atoms with Crippen LogP contribution < -0.4 is 0 Å². The molecule has 5 heteroatoms. The number of benzene rings is 2. The molecule has 0 atom stereocenters. The zero-order chi connectivity index (χ0) is 19.3. The van der Waals surface area contributed by atoms with Crippen molar-refractivity contribution in [3.05, 3.63) is 66.6 Å². The molecule has 1 amide bonds. The number of H-pyrrole nitrogens is 1. The fourth-order valence-electron chi connectivity index (χ4n) is 3.71. The first-order valence-corrected chi connectivity index (χ1v) is 9.87. The lowest BCUT2D eigenvalue weighted by molar-refractivity contribution is 0.0966. The minimum absolute atomic E-state index is 0.209. The standard InChI is InChI=1S/C23H25N3O2/c1-2-28-23(27)26-14-12-20(13-15-26)22-24-16-21(25-22)19-10-8-18(9-11-19)17-6-4-3-5-7-17/h3-11,16,20H,2,12-15H2,1H3,(H,24,25). The monoisotopic (exact) mass is 375 g/mol.